The second kappa shape index (κ2) is 6.42. The average Bonchev–Trinajstić information content (AvgIpc) is 2.90. The number of aromatic nitrogens is 1. The predicted octanol–water partition coefficient (Wildman–Crippen LogP) is 1.77. The van der Waals surface area contributed by atoms with Gasteiger partial charge in [-0.15, -0.1) is 0 Å². The Bertz CT molecular complexity index is 737. The Hall–Kier alpha value is -2.34. The third-order valence-corrected chi connectivity index (χ3v) is 3.99. The zero-order valence-electron chi connectivity index (χ0n) is 13.3. The number of hydrogen-bond donors (Lipinski definition) is 1. The number of ether oxygens (including phenoxy) is 2. The van der Waals surface area contributed by atoms with Crippen molar-refractivity contribution in [1.82, 2.24) is 9.88 Å². The zero-order valence-corrected chi connectivity index (χ0v) is 13.3. The van der Waals surface area contributed by atoms with Crippen LogP contribution in [0.15, 0.2) is 24.4 Å². The highest BCUT2D eigenvalue weighted by molar-refractivity contribution is 5.84. The second-order valence-electron chi connectivity index (χ2n) is 5.75. The number of esters is 1. The van der Waals surface area contributed by atoms with Crippen molar-refractivity contribution in [3.05, 3.63) is 35.5 Å². The van der Waals surface area contributed by atoms with E-state index < -0.39 is 12.3 Å². The van der Waals surface area contributed by atoms with Gasteiger partial charge in [0, 0.05) is 37.1 Å². The van der Waals surface area contributed by atoms with E-state index in [0.717, 1.165) is 11.9 Å². The van der Waals surface area contributed by atoms with Crippen LogP contribution < -0.4 is 0 Å². The van der Waals surface area contributed by atoms with Gasteiger partial charge in [0.05, 0.1) is 6.61 Å². The van der Waals surface area contributed by atoms with Crippen molar-refractivity contribution < 1.29 is 19.1 Å². The molecule has 1 amide bonds. The number of morpholine rings is 1. The molecule has 0 bridgehead atoms. The molecule has 2 aromatic rings. The molecule has 1 fully saturated rings. The average molecular weight is 316 g/mol. The predicted molar refractivity (Wildman–Crippen MR) is 84.8 cm³/mol. The first-order chi connectivity index (χ1) is 11.0. The quantitative estimate of drug-likeness (QED) is 0.873. The summed E-state index contributed by atoms with van der Waals surface area (Å²) in [5, 5.41) is 1.18. The summed E-state index contributed by atoms with van der Waals surface area (Å²) >= 11 is 0. The highest BCUT2D eigenvalue weighted by Crippen LogP contribution is 2.21. The number of nitrogens with zero attached hydrogens (tertiary/aromatic N) is 1. The summed E-state index contributed by atoms with van der Waals surface area (Å²) in [5.41, 5.74) is 3.47. The van der Waals surface area contributed by atoms with E-state index in [1.807, 2.05) is 6.20 Å². The van der Waals surface area contributed by atoms with Gasteiger partial charge in [0.25, 0.3) is 12.2 Å². The highest BCUT2D eigenvalue weighted by Gasteiger charge is 2.31. The summed E-state index contributed by atoms with van der Waals surface area (Å²) in [6.07, 6.45) is 1.62. The molecule has 23 heavy (non-hydrogen) atoms. The molecule has 122 valence electrons. The summed E-state index contributed by atoms with van der Waals surface area (Å²) in [7, 11) is 0. The molecule has 1 unspecified atom stereocenters. The summed E-state index contributed by atoms with van der Waals surface area (Å²) in [5.74, 6) is -0.806. The van der Waals surface area contributed by atoms with E-state index >= 15 is 0 Å². The first-order valence-electron chi connectivity index (χ1n) is 7.69. The van der Waals surface area contributed by atoms with Crippen molar-refractivity contribution in [3.63, 3.8) is 0 Å². The van der Waals surface area contributed by atoms with E-state index in [4.69, 9.17) is 9.47 Å². The fraction of sp³-hybridized carbons (Fsp3) is 0.412. The van der Waals surface area contributed by atoms with E-state index in [0.29, 0.717) is 19.7 Å². The van der Waals surface area contributed by atoms with Crippen molar-refractivity contribution >= 4 is 22.8 Å². The van der Waals surface area contributed by atoms with Crippen LogP contribution in [0.1, 0.15) is 18.1 Å². The van der Waals surface area contributed by atoms with Crippen LogP contribution in [0, 0.1) is 6.92 Å². The minimum absolute atomic E-state index is 0.289. The monoisotopic (exact) mass is 316 g/mol. The van der Waals surface area contributed by atoms with Gasteiger partial charge >= 0.3 is 5.97 Å². The van der Waals surface area contributed by atoms with Gasteiger partial charge in [-0.25, -0.2) is 0 Å². The van der Waals surface area contributed by atoms with E-state index in [-0.39, 0.29) is 5.91 Å². The summed E-state index contributed by atoms with van der Waals surface area (Å²) < 4.78 is 10.1. The number of fused-ring (bicyclic) bond motifs is 1. The lowest BCUT2D eigenvalue weighted by Gasteiger charge is -2.31. The van der Waals surface area contributed by atoms with Gasteiger partial charge < -0.3 is 19.4 Å². The van der Waals surface area contributed by atoms with Gasteiger partial charge in [-0.1, -0.05) is 11.6 Å². The molecule has 1 aromatic heterocycles. The molecule has 6 heteroatoms. The third-order valence-electron chi connectivity index (χ3n) is 3.99. The molecule has 1 saturated heterocycles. The fourth-order valence-corrected chi connectivity index (χ4v) is 2.81. The van der Waals surface area contributed by atoms with E-state index in [1.165, 1.54) is 23.4 Å². The molecule has 2 heterocycles. The van der Waals surface area contributed by atoms with Crippen LogP contribution in [0.5, 0.6) is 0 Å². The minimum Gasteiger partial charge on any atom is -0.426 e. The number of benzene rings is 1. The molecule has 1 atom stereocenters. The first-order valence-corrected chi connectivity index (χ1v) is 7.69. The van der Waals surface area contributed by atoms with Gasteiger partial charge in [0.15, 0.2) is 0 Å². The van der Waals surface area contributed by atoms with Gasteiger partial charge in [-0.2, -0.15) is 0 Å². The SMILES string of the molecule is CC(=O)OC1OCCN(CCc2c[nH]c3ccc(C)cc23)C1=O. The van der Waals surface area contributed by atoms with Gasteiger partial charge in [-0.3, -0.25) is 9.59 Å². The lowest BCUT2D eigenvalue weighted by molar-refractivity contribution is -0.201. The largest absolute Gasteiger partial charge is 0.426 e. The topological polar surface area (TPSA) is 71.6 Å². The Morgan fingerprint density at radius 3 is 3.09 bits per heavy atom. The highest BCUT2D eigenvalue weighted by atomic mass is 16.7. The van der Waals surface area contributed by atoms with Crippen molar-refractivity contribution in [3.8, 4) is 0 Å². The van der Waals surface area contributed by atoms with Crippen molar-refractivity contribution in [2.75, 3.05) is 19.7 Å². The van der Waals surface area contributed by atoms with Crippen LogP contribution in [0.25, 0.3) is 10.9 Å². The maximum absolute atomic E-state index is 12.3. The lowest BCUT2D eigenvalue weighted by atomic mass is 10.1. The molecule has 3 rings (SSSR count). The normalized spacial score (nSPS) is 18.4. The molecule has 1 aliphatic rings. The van der Waals surface area contributed by atoms with Crippen LogP contribution in [0.3, 0.4) is 0 Å². The molecule has 1 aliphatic heterocycles. The number of rotatable bonds is 4. The molecule has 1 N–H and O–H groups in total. The number of carbonyl (C=O) groups is 2. The Morgan fingerprint density at radius 2 is 2.30 bits per heavy atom. The first kappa shape index (κ1) is 15.6. The molecular formula is C17H20N2O4. The smallest absolute Gasteiger partial charge is 0.305 e. The lowest BCUT2D eigenvalue weighted by Crippen LogP contribution is -2.49. The number of nitrogens with one attached hydrogen (secondary N) is 1. The van der Waals surface area contributed by atoms with Crippen molar-refractivity contribution in [2.24, 2.45) is 0 Å². The van der Waals surface area contributed by atoms with E-state index in [9.17, 15) is 9.59 Å². The zero-order chi connectivity index (χ0) is 16.4. The standard InChI is InChI=1S/C17H20N2O4/c1-11-3-4-15-14(9-11)13(10-18-15)5-6-19-7-8-22-17(16(19)21)23-12(2)20/h3-4,9-10,17-18H,5-8H2,1-2H3. The molecule has 6 nitrogen and oxygen atoms in total. The summed E-state index contributed by atoms with van der Waals surface area (Å²) in [6, 6.07) is 6.27. The Kier molecular flexibility index (Phi) is 4.34. The fourth-order valence-electron chi connectivity index (χ4n) is 2.81. The Balaban J connectivity index is 1.68. The maximum atomic E-state index is 12.3. The van der Waals surface area contributed by atoms with E-state index in [1.54, 1.807) is 4.90 Å². The number of aryl methyl sites for hydroxylation is 1. The Labute approximate surface area is 134 Å². The van der Waals surface area contributed by atoms with Gasteiger partial charge in [0.1, 0.15) is 0 Å². The number of amides is 1. The minimum atomic E-state index is -1.11. The second-order valence-corrected chi connectivity index (χ2v) is 5.75. The van der Waals surface area contributed by atoms with Crippen LogP contribution >= 0.6 is 0 Å². The van der Waals surface area contributed by atoms with Crippen molar-refractivity contribution in [2.45, 2.75) is 26.6 Å². The van der Waals surface area contributed by atoms with Crippen LogP contribution in [0.4, 0.5) is 0 Å². The molecular weight excluding hydrogens is 296 g/mol. The van der Waals surface area contributed by atoms with Crippen molar-refractivity contribution in [1.29, 1.82) is 0 Å². The maximum Gasteiger partial charge on any atom is 0.305 e. The van der Waals surface area contributed by atoms with Crippen LogP contribution in [0.2, 0.25) is 0 Å². The van der Waals surface area contributed by atoms with E-state index in [2.05, 4.69) is 30.1 Å². The van der Waals surface area contributed by atoms with Crippen LogP contribution in [-0.2, 0) is 25.5 Å². The molecule has 0 saturated carbocycles. The molecule has 0 radical (unpaired) electrons. The Morgan fingerprint density at radius 1 is 1.48 bits per heavy atom. The molecule has 0 aliphatic carbocycles. The number of carbonyl (C=O) groups excluding carboxylic acids is 2. The number of aromatic amines is 1. The number of H-pyrrole nitrogens is 1. The summed E-state index contributed by atoms with van der Waals surface area (Å²) in [6.45, 7) is 4.78. The van der Waals surface area contributed by atoms with Crippen LogP contribution in [-0.4, -0.2) is 47.7 Å². The van der Waals surface area contributed by atoms with Gasteiger partial charge in [-0.05, 0) is 31.0 Å². The molecule has 1 aromatic carbocycles. The van der Waals surface area contributed by atoms with Gasteiger partial charge in [0.2, 0.25) is 0 Å². The summed E-state index contributed by atoms with van der Waals surface area (Å²) in [4.78, 5) is 28.2. The molecule has 0 spiro atoms. The third kappa shape index (κ3) is 3.37. The number of hydrogen-bond acceptors (Lipinski definition) is 4.